The van der Waals surface area contributed by atoms with Crippen molar-refractivity contribution >= 4 is 39.6 Å². The van der Waals surface area contributed by atoms with Crippen LogP contribution in [0.4, 0.5) is 0 Å². The Morgan fingerprint density at radius 1 is 0.966 bits per heavy atom. The molecule has 0 spiro atoms. The van der Waals surface area contributed by atoms with Gasteiger partial charge in [0.25, 0.3) is 5.91 Å². The van der Waals surface area contributed by atoms with Crippen LogP contribution in [0, 0.1) is 0 Å². The summed E-state index contributed by atoms with van der Waals surface area (Å²) in [4.78, 5) is 32.4. The molecule has 0 unspecified atom stereocenters. The maximum Gasteiger partial charge on any atom is 0.253 e. The molecule has 1 amide bonds. The van der Waals surface area contributed by atoms with E-state index in [0.717, 1.165) is 35.0 Å². The standard InChI is InChI=1S/C22H18ClN5O/c23-17-11-15-1-3-18(27-21(15)26-13-17)14-5-9-28(10-6-14)22(29)16-2-4-19-20(12-16)25-8-7-24-19/h1-4,7-8,11-14H,5-6,9-10H2. The lowest BCUT2D eigenvalue weighted by molar-refractivity contribution is 0.0712. The number of pyridine rings is 2. The largest absolute Gasteiger partial charge is 0.339 e. The average molecular weight is 404 g/mol. The molecule has 144 valence electrons. The number of carbonyl (C=O) groups excluding carboxylic acids is 1. The first-order valence-corrected chi connectivity index (χ1v) is 9.97. The van der Waals surface area contributed by atoms with Crippen LogP contribution in [0.15, 0.2) is 55.0 Å². The van der Waals surface area contributed by atoms with Crippen molar-refractivity contribution in [1.82, 2.24) is 24.8 Å². The summed E-state index contributed by atoms with van der Waals surface area (Å²) in [6.07, 6.45) is 6.67. The Labute approximate surface area is 172 Å². The first-order chi connectivity index (χ1) is 14.2. The van der Waals surface area contributed by atoms with Gasteiger partial charge in [-0.25, -0.2) is 9.97 Å². The van der Waals surface area contributed by atoms with Crippen molar-refractivity contribution in [1.29, 1.82) is 0 Å². The van der Waals surface area contributed by atoms with Crippen molar-refractivity contribution < 1.29 is 4.79 Å². The van der Waals surface area contributed by atoms with E-state index in [9.17, 15) is 4.79 Å². The molecule has 1 aliphatic heterocycles. The monoisotopic (exact) mass is 403 g/mol. The third-order valence-corrected chi connectivity index (χ3v) is 5.65. The van der Waals surface area contributed by atoms with Crippen molar-refractivity contribution in [2.75, 3.05) is 13.1 Å². The predicted molar refractivity (Wildman–Crippen MR) is 112 cm³/mol. The molecule has 7 heteroatoms. The van der Waals surface area contributed by atoms with Gasteiger partial charge in [-0.1, -0.05) is 11.6 Å². The second-order valence-corrected chi connectivity index (χ2v) is 7.70. The number of likely N-dealkylation sites (tertiary alicyclic amines) is 1. The minimum atomic E-state index is 0.0405. The summed E-state index contributed by atoms with van der Waals surface area (Å²) >= 11 is 6.00. The van der Waals surface area contributed by atoms with Crippen LogP contribution in [-0.2, 0) is 0 Å². The van der Waals surface area contributed by atoms with Crippen molar-refractivity contribution in [3.05, 3.63) is 71.3 Å². The summed E-state index contributed by atoms with van der Waals surface area (Å²) in [6.45, 7) is 1.41. The van der Waals surface area contributed by atoms with E-state index in [1.54, 1.807) is 18.6 Å². The van der Waals surface area contributed by atoms with Gasteiger partial charge in [-0.2, -0.15) is 0 Å². The van der Waals surface area contributed by atoms with E-state index in [-0.39, 0.29) is 5.91 Å². The molecule has 1 aliphatic rings. The fraction of sp³-hybridized carbons (Fsp3) is 0.227. The lowest BCUT2D eigenvalue weighted by Crippen LogP contribution is -2.38. The fourth-order valence-corrected chi connectivity index (χ4v) is 4.05. The molecule has 1 aromatic carbocycles. The number of nitrogens with zero attached hydrogens (tertiary/aromatic N) is 5. The van der Waals surface area contributed by atoms with Gasteiger partial charge in [0, 0.05) is 54.2 Å². The molecule has 0 N–H and O–H groups in total. The number of halogens is 1. The van der Waals surface area contributed by atoms with Gasteiger partial charge in [0.15, 0.2) is 5.65 Å². The zero-order chi connectivity index (χ0) is 19.8. The normalized spacial score (nSPS) is 15.1. The first-order valence-electron chi connectivity index (χ1n) is 9.60. The molecule has 29 heavy (non-hydrogen) atoms. The Balaban J connectivity index is 1.30. The molecule has 0 aliphatic carbocycles. The van der Waals surface area contributed by atoms with Crippen LogP contribution < -0.4 is 0 Å². The summed E-state index contributed by atoms with van der Waals surface area (Å²) in [5.41, 5.74) is 3.92. The van der Waals surface area contributed by atoms with Crippen molar-refractivity contribution in [3.8, 4) is 0 Å². The number of piperidine rings is 1. The smallest absolute Gasteiger partial charge is 0.253 e. The van der Waals surface area contributed by atoms with Gasteiger partial charge in [-0.3, -0.25) is 14.8 Å². The SMILES string of the molecule is O=C(c1ccc2nccnc2c1)N1CCC(c2ccc3cc(Cl)cnc3n2)CC1. The van der Waals surface area contributed by atoms with Gasteiger partial charge < -0.3 is 4.90 Å². The molecule has 0 saturated carbocycles. The summed E-state index contributed by atoms with van der Waals surface area (Å²) in [5.74, 6) is 0.363. The number of hydrogen-bond donors (Lipinski definition) is 0. The number of hydrogen-bond acceptors (Lipinski definition) is 5. The van der Waals surface area contributed by atoms with Crippen LogP contribution in [-0.4, -0.2) is 43.8 Å². The zero-order valence-corrected chi connectivity index (χ0v) is 16.4. The van der Waals surface area contributed by atoms with Crippen molar-refractivity contribution in [2.24, 2.45) is 0 Å². The Morgan fingerprint density at radius 2 is 1.76 bits per heavy atom. The van der Waals surface area contributed by atoms with E-state index in [1.807, 2.05) is 41.3 Å². The summed E-state index contributed by atoms with van der Waals surface area (Å²) in [5, 5.41) is 1.55. The summed E-state index contributed by atoms with van der Waals surface area (Å²) < 4.78 is 0. The topological polar surface area (TPSA) is 71.9 Å². The Bertz CT molecular complexity index is 1220. The quantitative estimate of drug-likeness (QED) is 0.500. The van der Waals surface area contributed by atoms with E-state index >= 15 is 0 Å². The number of benzene rings is 1. The highest BCUT2D eigenvalue weighted by molar-refractivity contribution is 6.31. The molecular weight excluding hydrogens is 386 g/mol. The van der Waals surface area contributed by atoms with Crippen LogP contribution in [0.1, 0.15) is 34.8 Å². The molecular formula is C22H18ClN5O. The Morgan fingerprint density at radius 3 is 2.59 bits per heavy atom. The van der Waals surface area contributed by atoms with E-state index in [2.05, 4.69) is 15.0 Å². The lowest BCUT2D eigenvalue weighted by atomic mass is 9.92. The van der Waals surface area contributed by atoms with Gasteiger partial charge in [-0.05, 0) is 49.2 Å². The molecule has 4 heterocycles. The molecule has 6 nitrogen and oxygen atoms in total. The highest BCUT2D eigenvalue weighted by atomic mass is 35.5. The third kappa shape index (κ3) is 3.51. The molecule has 3 aromatic heterocycles. The van der Waals surface area contributed by atoms with Crippen molar-refractivity contribution in [3.63, 3.8) is 0 Å². The molecule has 4 aromatic rings. The van der Waals surface area contributed by atoms with Gasteiger partial charge in [-0.15, -0.1) is 0 Å². The predicted octanol–water partition coefficient (Wildman–Crippen LogP) is 4.25. The zero-order valence-electron chi connectivity index (χ0n) is 15.6. The van der Waals surface area contributed by atoms with E-state index in [0.29, 0.717) is 35.2 Å². The van der Waals surface area contributed by atoms with Crippen LogP contribution in [0.3, 0.4) is 0 Å². The van der Waals surface area contributed by atoms with Gasteiger partial charge >= 0.3 is 0 Å². The van der Waals surface area contributed by atoms with E-state index in [4.69, 9.17) is 16.6 Å². The van der Waals surface area contributed by atoms with E-state index in [1.165, 1.54) is 0 Å². The molecule has 5 rings (SSSR count). The minimum absolute atomic E-state index is 0.0405. The maximum absolute atomic E-state index is 12.9. The van der Waals surface area contributed by atoms with Crippen LogP contribution in [0.25, 0.3) is 22.1 Å². The van der Waals surface area contributed by atoms with Crippen molar-refractivity contribution in [2.45, 2.75) is 18.8 Å². The average Bonchev–Trinajstić information content (AvgIpc) is 2.78. The minimum Gasteiger partial charge on any atom is -0.339 e. The number of carbonyl (C=O) groups is 1. The highest BCUT2D eigenvalue weighted by Gasteiger charge is 2.25. The molecule has 1 saturated heterocycles. The third-order valence-electron chi connectivity index (χ3n) is 5.45. The van der Waals surface area contributed by atoms with Gasteiger partial charge in [0.2, 0.25) is 0 Å². The summed E-state index contributed by atoms with van der Waals surface area (Å²) in [7, 11) is 0. The highest BCUT2D eigenvalue weighted by Crippen LogP contribution is 2.29. The Hall–Kier alpha value is -3.12. The molecule has 0 atom stereocenters. The number of amides is 1. The lowest BCUT2D eigenvalue weighted by Gasteiger charge is -2.32. The number of fused-ring (bicyclic) bond motifs is 2. The number of rotatable bonds is 2. The molecule has 1 fully saturated rings. The maximum atomic E-state index is 12.9. The van der Waals surface area contributed by atoms with Crippen LogP contribution in [0.5, 0.6) is 0 Å². The second-order valence-electron chi connectivity index (χ2n) is 7.26. The van der Waals surface area contributed by atoms with Gasteiger partial charge in [0.1, 0.15) is 0 Å². The van der Waals surface area contributed by atoms with Crippen LogP contribution >= 0.6 is 11.6 Å². The fourth-order valence-electron chi connectivity index (χ4n) is 3.88. The van der Waals surface area contributed by atoms with Crippen LogP contribution in [0.2, 0.25) is 5.02 Å². The van der Waals surface area contributed by atoms with E-state index < -0.39 is 0 Å². The first kappa shape index (κ1) is 17.9. The number of aromatic nitrogens is 4. The Kier molecular flexibility index (Phi) is 4.56. The van der Waals surface area contributed by atoms with Gasteiger partial charge in [0.05, 0.1) is 16.1 Å². The molecule has 0 bridgehead atoms. The molecule has 0 radical (unpaired) electrons. The second kappa shape index (κ2) is 7.37. The summed E-state index contributed by atoms with van der Waals surface area (Å²) in [6, 6.07) is 11.4.